The summed E-state index contributed by atoms with van der Waals surface area (Å²) in [7, 11) is 1.59. The second-order valence-electron chi connectivity index (χ2n) is 3.95. The van der Waals surface area contributed by atoms with E-state index in [1.807, 2.05) is 0 Å². The first-order chi connectivity index (χ1) is 8.95. The Bertz CT molecular complexity index is 476. The average molecular weight is 286 g/mol. The molecule has 0 atom stereocenters. The van der Waals surface area contributed by atoms with Gasteiger partial charge in [0.2, 0.25) is 0 Å². The summed E-state index contributed by atoms with van der Waals surface area (Å²) in [5.74, 6) is -0.690. The number of benzene rings is 1. The largest absolute Gasteiger partial charge is 0.506 e. The first-order valence-corrected chi connectivity index (χ1v) is 6.23. The molecule has 104 valence electrons. The van der Waals surface area contributed by atoms with Crippen molar-refractivity contribution >= 4 is 23.5 Å². The molecule has 0 bridgehead atoms. The molecule has 0 saturated heterocycles. The fraction of sp³-hybridized carbons (Fsp3) is 0.385. The molecule has 0 fully saturated rings. The molecular formula is C13H16ClNO4. The number of phenolic OH excluding ortho intramolecular Hbond substituents is 1. The van der Waals surface area contributed by atoms with E-state index in [0.717, 1.165) is 0 Å². The first-order valence-electron chi connectivity index (χ1n) is 5.85. The molecule has 0 spiro atoms. The van der Waals surface area contributed by atoms with E-state index in [1.54, 1.807) is 14.0 Å². The molecule has 0 radical (unpaired) electrons. The molecule has 1 rings (SSSR count). The molecule has 1 aromatic carbocycles. The van der Waals surface area contributed by atoms with Crippen molar-refractivity contribution in [2.75, 3.05) is 20.2 Å². The number of nitrogens with zero attached hydrogens (tertiary/aromatic N) is 1. The molecule has 1 aromatic rings. The van der Waals surface area contributed by atoms with E-state index in [4.69, 9.17) is 16.3 Å². The van der Waals surface area contributed by atoms with Crippen LogP contribution < -0.4 is 0 Å². The number of phenols is 1. The lowest BCUT2D eigenvalue weighted by atomic mass is 10.2. The van der Waals surface area contributed by atoms with Crippen molar-refractivity contribution in [2.45, 2.75) is 13.3 Å². The fourth-order valence-electron chi connectivity index (χ4n) is 1.45. The fourth-order valence-corrected chi connectivity index (χ4v) is 1.63. The number of rotatable bonds is 5. The number of ether oxygens (including phenoxy) is 1. The van der Waals surface area contributed by atoms with Crippen LogP contribution in [0.2, 0.25) is 5.02 Å². The van der Waals surface area contributed by atoms with Gasteiger partial charge < -0.3 is 14.7 Å². The highest BCUT2D eigenvalue weighted by Crippen LogP contribution is 2.24. The minimum absolute atomic E-state index is 0.0765. The molecule has 0 aliphatic rings. The minimum Gasteiger partial charge on any atom is -0.506 e. The van der Waals surface area contributed by atoms with Gasteiger partial charge in [-0.25, -0.2) is 0 Å². The van der Waals surface area contributed by atoms with Gasteiger partial charge >= 0.3 is 5.97 Å². The Morgan fingerprint density at radius 3 is 2.68 bits per heavy atom. The summed E-state index contributed by atoms with van der Waals surface area (Å²) >= 11 is 5.74. The Morgan fingerprint density at radius 2 is 2.11 bits per heavy atom. The summed E-state index contributed by atoms with van der Waals surface area (Å²) in [6.45, 7) is 2.31. The highest BCUT2D eigenvalue weighted by Gasteiger charge is 2.14. The Balaban J connectivity index is 2.61. The van der Waals surface area contributed by atoms with Gasteiger partial charge in [0.15, 0.2) is 0 Å². The number of amides is 1. The van der Waals surface area contributed by atoms with Crippen LogP contribution >= 0.6 is 11.6 Å². The zero-order valence-corrected chi connectivity index (χ0v) is 11.6. The Morgan fingerprint density at radius 1 is 1.42 bits per heavy atom. The summed E-state index contributed by atoms with van der Waals surface area (Å²) in [5, 5.41) is 9.40. The van der Waals surface area contributed by atoms with E-state index >= 15 is 0 Å². The molecule has 0 aliphatic heterocycles. The maximum Gasteiger partial charge on any atom is 0.307 e. The summed E-state index contributed by atoms with van der Waals surface area (Å²) in [6, 6.07) is 4.22. The van der Waals surface area contributed by atoms with Crippen LogP contribution in [-0.2, 0) is 9.53 Å². The molecule has 1 amide bonds. The van der Waals surface area contributed by atoms with Crippen molar-refractivity contribution in [1.29, 1.82) is 0 Å². The summed E-state index contributed by atoms with van der Waals surface area (Å²) < 4.78 is 4.78. The highest BCUT2D eigenvalue weighted by atomic mass is 35.5. The normalized spacial score (nSPS) is 10.1. The molecule has 0 unspecified atom stereocenters. The van der Waals surface area contributed by atoms with Crippen LogP contribution in [0.25, 0.3) is 0 Å². The van der Waals surface area contributed by atoms with Gasteiger partial charge in [0.1, 0.15) is 5.75 Å². The van der Waals surface area contributed by atoms with E-state index in [2.05, 4.69) is 0 Å². The molecule has 0 saturated carbocycles. The Hall–Kier alpha value is -1.75. The molecule has 19 heavy (non-hydrogen) atoms. The monoisotopic (exact) mass is 285 g/mol. The van der Waals surface area contributed by atoms with Gasteiger partial charge in [0.05, 0.1) is 18.1 Å². The number of hydrogen-bond acceptors (Lipinski definition) is 4. The number of aromatic hydroxyl groups is 1. The van der Waals surface area contributed by atoms with Crippen LogP contribution in [0.1, 0.15) is 23.7 Å². The van der Waals surface area contributed by atoms with Gasteiger partial charge in [-0.3, -0.25) is 9.59 Å². The van der Waals surface area contributed by atoms with Crippen LogP contribution in [0.5, 0.6) is 5.75 Å². The van der Waals surface area contributed by atoms with Crippen LogP contribution in [-0.4, -0.2) is 42.1 Å². The molecule has 5 nitrogen and oxygen atoms in total. The second kappa shape index (κ2) is 6.99. The van der Waals surface area contributed by atoms with Gasteiger partial charge in [-0.2, -0.15) is 0 Å². The Labute approximate surface area is 116 Å². The van der Waals surface area contributed by atoms with Crippen LogP contribution in [0.15, 0.2) is 18.2 Å². The predicted molar refractivity (Wildman–Crippen MR) is 71.3 cm³/mol. The third-order valence-corrected chi connectivity index (χ3v) is 2.80. The van der Waals surface area contributed by atoms with Crippen molar-refractivity contribution in [1.82, 2.24) is 4.90 Å². The second-order valence-corrected chi connectivity index (χ2v) is 4.36. The van der Waals surface area contributed by atoms with Gasteiger partial charge in [-0.1, -0.05) is 11.6 Å². The van der Waals surface area contributed by atoms with Crippen molar-refractivity contribution in [3.63, 3.8) is 0 Å². The molecule has 1 N–H and O–H groups in total. The lowest BCUT2D eigenvalue weighted by molar-refractivity contribution is -0.143. The number of halogens is 1. The standard InChI is InChI=1S/C13H16ClNO4/c1-3-19-12(17)6-7-15(2)13(18)9-4-5-11(16)10(14)8-9/h4-5,8,16H,3,6-7H2,1-2H3. The molecule has 0 aliphatic carbocycles. The van der Waals surface area contributed by atoms with E-state index in [1.165, 1.54) is 23.1 Å². The summed E-state index contributed by atoms with van der Waals surface area (Å²) in [6.07, 6.45) is 0.141. The van der Waals surface area contributed by atoms with E-state index < -0.39 is 0 Å². The number of carbonyl (C=O) groups excluding carboxylic acids is 2. The van der Waals surface area contributed by atoms with Crippen LogP contribution in [0.4, 0.5) is 0 Å². The lowest BCUT2D eigenvalue weighted by Crippen LogP contribution is -2.29. The number of hydrogen-bond donors (Lipinski definition) is 1. The zero-order valence-electron chi connectivity index (χ0n) is 10.9. The number of carbonyl (C=O) groups is 2. The minimum atomic E-state index is -0.342. The van der Waals surface area contributed by atoms with Crippen molar-refractivity contribution in [2.24, 2.45) is 0 Å². The van der Waals surface area contributed by atoms with E-state index in [-0.39, 0.29) is 35.6 Å². The van der Waals surface area contributed by atoms with Crippen molar-refractivity contribution < 1.29 is 19.4 Å². The maximum atomic E-state index is 12.0. The van der Waals surface area contributed by atoms with Gasteiger partial charge in [-0.15, -0.1) is 0 Å². The van der Waals surface area contributed by atoms with Crippen molar-refractivity contribution in [3.05, 3.63) is 28.8 Å². The SMILES string of the molecule is CCOC(=O)CCN(C)C(=O)c1ccc(O)c(Cl)c1. The van der Waals surface area contributed by atoms with Crippen LogP contribution in [0.3, 0.4) is 0 Å². The quantitative estimate of drug-likeness (QED) is 0.841. The third kappa shape index (κ3) is 4.44. The zero-order chi connectivity index (χ0) is 14.4. The topological polar surface area (TPSA) is 66.8 Å². The Kier molecular flexibility index (Phi) is 5.63. The van der Waals surface area contributed by atoms with Gasteiger partial charge in [0, 0.05) is 19.2 Å². The smallest absolute Gasteiger partial charge is 0.307 e. The summed E-state index contributed by atoms with van der Waals surface area (Å²) in [4.78, 5) is 24.6. The molecule has 0 aromatic heterocycles. The molecular weight excluding hydrogens is 270 g/mol. The summed E-state index contributed by atoms with van der Waals surface area (Å²) in [5.41, 5.74) is 0.356. The average Bonchev–Trinajstić information content (AvgIpc) is 2.38. The van der Waals surface area contributed by atoms with Crippen LogP contribution in [0, 0.1) is 0 Å². The third-order valence-electron chi connectivity index (χ3n) is 2.50. The van der Waals surface area contributed by atoms with Gasteiger partial charge in [-0.05, 0) is 25.1 Å². The van der Waals surface area contributed by atoms with Crippen molar-refractivity contribution in [3.8, 4) is 5.75 Å². The number of esters is 1. The highest BCUT2D eigenvalue weighted by molar-refractivity contribution is 6.32. The van der Waals surface area contributed by atoms with E-state index in [9.17, 15) is 14.7 Å². The predicted octanol–water partition coefficient (Wildman–Crippen LogP) is 2.07. The lowest BCUT2D eigenvalue weighted by Gasteiger charge is -2.16. The first kappa shape index (κ1) is 15.3. The molecule has 6 heteroatoms. The van der Waals surface area contributed by atoms with E-state index in [0.29, 0.717) is 12.2 Å². The molecule has 0 heterocycles. The van der Waals surface area contributed by atoms with Gasteiger partial charge in [0.25, 0.3) is 5.91 Å². The maximum absolute atomic E-state index is 12.0.